The number of phenols is 2. The van der Waals surface area contributed by atoms with Gasteiger partial charge in [-0.25, -0.2) is 0 Å². The number of hydrogen-bond donors (Lipinski definition) is 5. The minimum atomic E-state index is -1.13. The van der Waals surface area contributed by atoms with Crippen molar-refractivity contribution in [2.45, 2.75) is 25.4 Å². The molecule has 1 atom stereocenters. The fourth-order valence-electron chi connectivity index (χ4n) is 2.68. The minimum Gasteiger partial charge on any atom is -0.504 e. The lowest BCUT2D eigenvalue weighted by molar-refractivity contribution is -0.137. The van der Waals surface area contributed by atoms with Crippen LogP contribution < -0.4 is 10.6 Å². The van der Waals surface area contributed by atoms with Crippen molar-refractivity contribution < 1.29 is 29.7 Å². The Bertz CT molecular complexity index is 998. The molecular formula is C20H21N5O6. The summed E-state index contributed by atoms with van der Waals surface area (Å²) in [6.07, 6.45) is -0.363. The fraction of sp³-hybridized carbons (Fsp3) is 0.250. The number of rotatable bonds is 10. The molecule has 5 N–H and O–H groups in total. The van der Waals surface area contributed by atoms with Crippen molar-refractivity contribution in [2.75, 3.05) is 6.54 Å². The lowest BCUT2D eigenvalue weighted by Crippen LogP contribution is -2.38. The summed E-state index contributed by atoms with van der Waals surface area (Å²) in [6, 6.07) is 9.64. The summed E-state index contributed by atoms with van der Waals surface area (Å²) < 4.78 is 0. The van der Waals surface area contributed by atoms with E-state index in [9.17, 15) is 24.6 Å². The molecule has 0 bridgehead atoms. The lowest BCUT2D eigenvalue weighted by Gasteiger charge is -2.14. The van der Waals surface area contributed by atoms with E-state index in [1.54, 1.807) is 12.1 Å². The van der Waals surface area contributed by atoms with Gasteiger partial charge in [0.25, 0.3) is 5.91 Å². The van der Waals surface area contributed by atoms with Crippen molar-refractivity contribution in [3.05, 3.63) is 69.6 Å². The number of carboxylic acids is 1. The van der Waals surface area contributed by atoms with Crippen LogP contribution in [0.25, 0.3) is 10.4 Å². The van der Waals surface area contributed by atoms with E-state index in [-0.39, 0.29) is 48.9 Å². The van der Waals surface area contributed by atoms with Gasteiger partial charge >= 0.3 is 5.97 Å². The van der Waals surface area contributed by atoms with Crippen LogP contribution in [-0.2, 0) is 22.6 Å². The van der Waals surface area contributed by atoms with Crippen LogP contribution in [0.1, 0.15) is 27.9 Å². The number of aliphatic carboxylic acids is 1. The number of carboxylic acid groups (broad SMARTS) is 1. The van der Waals surface area contributed by atoms with Crippen LogP contribution in [0.4, 0.5) is 0 Å². The van der Waals surface area contributed by atoms with Gasteiger partial charge in [0, 0.05) is 29.6 Å². The molecule has 11 nitrogen and oxygen atoms in total. The number of azide groups is 1. The topological polar surface area (TPSA) is 185 Å². The van der Waals surface area contributed by atoms with Crippen LogP contribution in [0.2, 0.25) is 0 Å². The van der Waals surface area contributed by atoms with E-state index in [2.05, 4.69) is 20.7 Å². The van der Waals surface area contributed by atoms with E-state index in [1.807, 2.05) is 0 Å². The maximum Gasteiger partial charge on any atom is 0.305 e. The molecule has 2 aromatic rings. The van der Waals surface area contributed by atoms with Crippen LogP contribution in [0.15, 0.2) is 47.6 Å². The van der Waals surface area contributed by atoms with Gasteiger partial charge in [-0.15, -0.1) is 0 Å². The average molecular weight is 427 g/mol. The third-order valence-electron chi connectivity index (χ3n) is 4.23. The number of hydrogen-bond acceptors (Lipinski definition) is 6. The fourth-order valence-corrected chi connectivity index (χ4v) is 2.68. The zero-order chi connectivity index (χ0) is 22.8. The summed E-state index contributed by atoms with van der Waals surface area (Å²) in [5.74, 6) is -2.50. The third kappa shape index (κ3) is 7.59. The molecule has 0 aliphatic heterocycles. The van der Waals surface area contributed by atoms with Gasteiger partial charge in [-0.1, -0.05) is 23.3 Å². The quantitative estimate of drug-likeness (QED) is 0.167. The second-order valence-corrected chi connectivity index (χ2v) is 6.66. The summed E-state index contributed by atoms with van der Waals surface area (Å²) in [7, 11) is 0. The molecule has 0 aromatic heterocycles. The average Bonchev–Trinajstić information content (AvgIpc) is 2.73. The Morgan fingerprint density at radius 1 is 1.03 bits per heavy atom. The van der Waals surface area contributed by atoms with Gasteiger partial charge in [-0.3, -0.25) is 14.4 Å². The highest BCUT2D eigenvalue weighted by Gasteiger charge is 2.16. The van der Waals surface area contributed by atoms with Crippen LogP contribution in [-0.4, -0.2) is 45.7 Å². The first-order valence-corrected chi connectivity index (χ1v) is 9.18. The van der Waals surface area contributed by atoms with Gasteiger partial charge in [0.15, 0.2) is 11.5 Å². The predicted molar refractivity (Wildman–Crippen MR) is 109 cm³/mol. The van der Waals surface area contributed by atoms with Gasteiger partial charge < -0.3 is 26.0 Å². The van der Waals surface area contributed by atoms with E-state index in [4.69, 9.17) is 10.6 Å². The highest BCUT2D eigenvalue weighted by Crippen LogP contribution is 2.24. The van der Waals surface area contributed by atoms with E-state index in [0.29, 0.717) is 5.56 Å². The van der Waals surface area contributed by atoms with E-state index >= 15 is 0 Å². The summed E-state index contributed by atoms with van der Waals surface area (Å²) in [4.78, 5) is 37.8. The molecule has 31 heavy (non-hydrogen) atoms. The maximum atomic E-state index is 12.3. The van der Waals surface area contributed by atoms with Gasteiger partial charge in [-0.2, -0.15) is 0 Å². The monoisotopic (exact) mass is 427 g/mol. The van der Waals surface area contributed by atoms with Gasteiger partial charge in [0.1, 0.15) is 0 Å². The second kappa shape index (κ2) is 11.1. The number of amides is 2. The summed E-state index contributed by atoms with van der Waals surface area (Å²) in [6.45, 7) is 0.0286. The Morgan fingerprint density at radius 3 is 2.32 bits per heavy atom. The number of carbonyl (C=O) groups is 3. The normalized spacial score (nSPS) is 11.1. The molecule has 2 rings (SSSR count). The van der Waals surface area contributed by atoms with Crippen molar-refractivity contribution in [2.24, 2.45) is 5.11 Å². The number of phenolic OH excluding ortho intramolecular Hbond substituents is 2. The van der Waals surface area contributed by atoms with Crippen molar-refractivity contribution in [3.63, 3.8) is 0 Å². The number of carbonyl (C=O) groups excluding carboxylic acids is 2. The van der Waals surface area contributed by atoms with E-state index in [1.165, 1.54) is 30.3 Å². The maximum absolute atomic E-state index is 12.3. The first kappa shape index (κ1) is 23.0. The lowest BCUT2D eigenvalue weighted by atomic mass is 10.1. The number of nitrogens with one attached hydrogen (secondary N) is 2. The standard InChI is InChI=1S/C20H21N5O6/c21-25-23-11-15(9-19(29)30)24-20(31)14-4-1-12(2-5-14)10-22-18(28)8-13-3-6-16(26)17(27)7-13/h1-7,15,26-27H,8-11H2,(H,22,28)(H,24,31)(H,29,30)/t15-/m0/s1. The van der Waals surface area contributed by atoms with Gasteiger partial charge in [-0.05, 0) is 40.9 Å². The highest BCUT2D eigenvalue weighted by molar-refractivity contribution is 5.94. The van der Waals surface area contributed by atoms with Gasteiger partial charge in [0.2, 0.25) is 5.91 Å². The molecule has 0 fully saturated rings. The molecular weight excluding hydrogens is 406 g/mol. The Morgan fingerprint density at radius 2 is 1.71 bits per heavy atom. The number of aromatic hydroxyl groups is 2. The molecule has 0 spiro atoms. The highest BCUT2D eigenvalue weighted by atomic mass is 16.4. The molecule has 0 aliphatic rings. The van der Waals surface area contributed by atoms with E-state index < -0.39 is 17.9 Å². The van der Waals surface area contributed by atoms with Crippen LogP contribution in [0.5, 0.6) is 11.5 Å². The molecule has 0 saturated carbocycles. The Balaban J connectivity index is 1.89. The molecule has 11 heteroatoms. The molecule has 0 aliphatic carbocycles. The van der Waals surface area contributed by atoms with Gasteiger partial charge in [0.05, 0.1) is 12.8 Å². The minimum absolute atomic E-state index is 0.0183. The molecule has 2 aromatic carbocycles. The van der Waals surface area contributed by atoms with E-state index in [0.717, 1.165) is 5.56 Å². The predicted octanol–water partition coefficient (Wildman–Crippen LogP) is 1.84. The van der Waals surface area contributed by atoms with Crippen LogP contribution in [0, 0.1) is 0 Å². The Kier molecular flexibility index (Phi) is 8.23. The third-order valence-corrected chi connectivity index (χ3v) is 4.23. The summed E-state index contributed by atoms with van der Waals surface area (Å²) in [5.41, 5.74) is 9.93. The largest absolute Gasteiger partial charge is 0.504 e. The molecule has 0 heterocycles. The molecule has 2 amide bonds. The van der Waals surface area contributed by atoms with Crippen LogP contribution >= 0.6 is 0 Å². The Hall–Kier alpha value is -4.24. The summed E-state index contributed by atoms with van der Waals surface area (Å²) in [5, 5.41) is 36.2. The second-order valence-electron chi connectivity index (χ2n) is 6.66. The molecule has 0 unspecified atom stereocenters. The zero-order valence-corrected chi connectivity index (χ0v) is 16.4. The smallest absolute Gasteiger partial charge is 0.305 e. The molecule has 0 saturated heterocycles. The Labute approximate surface area is 177 Å². The number of nitrogens with zero attached hydrogens (tertiary/aromatic N) is 3. The summed E-state index contributed by atoms with van der Waals surface area (Å²) >= 11 is 0. The first-order valence-electron chi connectivity index (χ1n) is 9.18. The first-order chi connectivity index (χ1) is 14.8. The number of benzene rings is 2. The van der Waals surface area contributed by atoms with Crippen LogP contribution in [0.3, 0.4) is 0 Å². The van der Waals surface area contributed by atoms with Crippen molar-refractivity contribution in [1.29, 1.82) is 0 Å². The molecule has 0 radical (unpaired) electrons. The SMILES string of the molecule is [N-]=[N+]=NC[C@H](CC(=O)O)NC(=O)c1ccc(CNC(=O)Cc2ccc(O)c(O)c2)cc1. The van der Waals surface area contributed by atoms with Crippen molar-refractivity contribution in [3.8, 4) is 11.5 Å². The molecule has 162 valence electrons. The van der Waals surface area contributed by atoms with Crippen molar-refractivity contribution >= 4 is 17.8 Å². The zero-order valence-electron chi connectivity index (χ0n) is 16.4. The van der Waals surface area contributed by atoms with Crippen molar-refractivity contribution in [1.82, 2.24) is 10.6 Å².